The molecule has 0 radical (unpaired) electrons. The van der Waals surface area contributed by atoms with Gasteiger partial charge in [0.05, 0.1) is 23.8 Å². The van der Waals surface area contributed by atoms with Crippen molar-refractivity contribution in [1.82, 2.24) is 15.0 Å². The second-order valence-electron chi connectivity index (χ2n) is 11.1. The Kier molecular flexibility index (Phi) is 9.28. The van der Waals surface area contributed by atoms with Crippen molar-refractivity contribution in [1.29, 1.82) is 0 Å². The molecule has 1 aliphatic heterocycles. The van der Waals surface area contributed by atoms with Gasteiger partial charge in [0.1, 0.15) is 17.4 Å². The van der Waals surface area contributed by atoms with Gasteiger partial charge in [-0.25, -0.2) is 4.79 Å². The summed E-state index contributed by atoms with van der Waals surface area (Å²) in [4.78, 5) is 18.0. The number of likely N-dealkylation sites (tertiary alicyclic amines) is 1. The number of aliphatic hydroxyl groups excluding tert-OH is 1. The Balaban J connectivity index is 1.41. The summed E-state index contributed by atoms with van der Waals surface area (Å²) < 4.78 is 95.9. The van der Waals surface area contributed by atoms with E-state index >= 15 is 0 Å². The lowest BCUT2D eigenvalue weighted by molar-refractivity contribution is -0.139. The number of carbonyl (C=O) groups excluding carboxylic acids is 1. The van der Waals surface area contributed by atoms with E-state index in [4.69, 9.17) is 14.0 Å². The largest absolute Gasteiger partial charge is 0.493 e. The minimum atomic E-state index is -4.77. The highest BCUT2D eigenvalue weighted by Crippen LogP contribution is 2.39. The minimum absolute atomic E-state index is 0.0201. The van der Waals surface area contributed by atoms with Gasteiger partial charge in [-0.15, -0.1) is 0 Å². The van der Waals surface area contributed by atoms with Crippen molar-refractivity contribution in [3.8, 4) is 17.1 Å². The van der Waals surface area contributed by atoms with Crippen molar-refractivity contribution in [3.63, 3.8) is 0 Å². The number of amides is 1. The number of hydrogen-bond donors (Lipinski definition) is 1. The van der Waals surface area contributed by atoms with Crippen LogP contribution in [0.5, 0.6) is 5.75 Å². The topological polar surface area (TPSA) is 97.9 Å². The molecule has 1 amide bonds. The average Bonchev–Trinajstić information content (AvgIpc) is 3.53. The lowest BCUT2D eigenvalue weighted by Crippen LogP contribution is -2.38. The van der Waals surface area contributed by atoms with Crippen molar-refractivity contribution in [2.45, 2.75) is 76.6 Å². The predicted octanol–water partition coefficient (Wildman–Crippen LogP) is 7.22. The van der Waals surface area contributed by atoms with Gasteiger partial charge >= 0.3 is 18.4 Å². The van der Waals surface area contributed by atoms with Gasteiger partial charge in [0.2, 0.25) is 5.82 Å². The number of nitrogens with zero attached hydrogens (tertiary/aromatic N) is 3. The first-order valence-electron chi connectivity index (χ1n) is 13.5. The zero-order valence-electron chi connectivity index (χ0n) is 23.6. The summed E-state index contributed by atoms with van der Waals surface area (Å²) in [6.07, 6.45) is -9.42. The maximum Gasteiger partial charge on any atom is 0.419 e. The first-order chi connectivity index (χ1) is 20.0. The monoisotopic (exact) mass is 615 g/mol. The molecule has 0 aliphatic carbocycles. The SMILES string of the molecule is CC(C)(C)OC(=O)N1CC[C@H](O)[C@H]1c1nc(-c2ccc(OCCCCc3ccc(C(F)(F)F)cc3)c(C(F)(F)F)c2)no1. The van der Waals surface area contributed by atoms with Crippen molar-refractivity contribution < 1.29 is 50.2 Å². The number of benzene rings is 2. The predicted molar refractivity (Wildman–Crippen MR) is 141 cm³/mol. The molecule has 43 heavy (non-hydrogen) atoms. The van der Waals surface area contributed by atoms with Crippen LogP contribution in [0.15, 0.2) is 47.0 Å². The van der Waals surface area contributed by atoms with E-state index in [0.717, 1.165) is 24.3 Å². The van der Waals surface area contributed by atoms with Crippen LogP contribution in [0, 0.1) is 0 Å². The molecule has 1 aromatic heterocycles. The molecule has 2 heterocycles. The van der Waals surface area contributed by atoms with E-state index in [1.165, 1.54) is 23.1 Å². The summed E-state index contributed by atoms with van der Waals surface area (Å²) >= 11 is 0. The number of carbonyl (C=O) groups is 1. The van der Waals surface area contributed by atoms with Crippen LogP contribution in [0.4, 0.5) is 31.1 Å². The fourth-order valence-electron chi connectivity index (χ4n) is 4.56. The summed E-state index contributed by atoms with van der Waals surface area (Å²) in [5.74, 6) is -0.726. The molecule has 14 heteroatoms. The highest BCUT2D eigenvalue weighted by atomic mass is 19.4. The van der Waals surface area contributed by atoms with Gasteiger partial charge in [-0.1, -0.05) is 17.3 Å². The van der Waals surface area contributed by atoms with E-state index < -0.39 is 53.1 Å². The van der Waals surface area contributed by atoms with Gasteiger partial charge in [-0.05, 0) is 82.3 Å². The molecular formula is C29H31F6N3O5. The Bertz CT molecular complexity index is 1400. The summed E-state index contributed by atoms with van der Waals surface area (Å²) in [7, 11) is 0. The average molecular weight is 616 g/mol. The number of ether oxygens (including phenoxy) is 2. The van der Waals surface area contributed by atoms with Crippen LogP contribution in [0.1, 0.15) is 68.7 Å². The Hall–Kier alpha value is -3.81. The minimum Gasteiger partial charge on any atom is -0.493 e. The molecule has 0 saturated carbocycles. The Morgan fingerprint density at radius 1 is 1.02 bits per heavy atom. The first kappa shape index (κ1) is 32.1. The van der Waals surface area contributed by atoms with E-state index in [-0.39, 0.29) is 36.9 Å². The molecule has 8 nitrogen and oxygen atoms in total. The third-order valence-corrected chi connectivity index (χ3v) is 6.63. The molecule has 2 aromatic carbocycles. The molecule has 1 aliphatic rings. The van der Waals surface area contributed by atoms with Crippen molar-refractivity contribution in [2.75, 3.05) is 13.2 Å². The molecular weight excluding hydrogens is 584 g/mol. The zero-order chi connectivity index (χ0) is 31.6. The maximum absolute atomic E-state index is 13.9. The van der Waals surface area contributed by atoms with Gasteiger partial charge in [0, 0.05) is 12.1 Å². The maximum atomic E-state index is 13.9. The fraction of sp³-hybridized carbons (Fsp3) is 0.483. The Morgan fingerprint density at radius 2 is 1.72 bits per heavy atom. The number of rotatable bonds is 8. The fourth-order valence-corrected chi connectivity index (χ4v) is 4.56. The lowest BCUT2D eigenvalue weighted by atomic mass is 10.1. The van der Waals surface area contributed by atoms with Crippen LogP contribution in [0.3, 0.4) is 0 Å². The molecule has 4 rings (SSSR count). The number of aryl methyl sites for hydroxylation is 1. The number of aliphatic hydroxyl groups is 1. The van der Waals surface area contributed by atoms with E-state index in [1.54, 1.807) is 20.8 Å². The molecule has 3 aromatic rings. The molecule has 1 N–H and O–H groups in total. The van der Waals surface area contributed by atoms with Crippen LogP contribution in [-0.4, -0.2) is 51.1 Å². The zero-order valence-corrected chi connectivity index (χ0v) is 23.6. The second kappa shape index (κ2) is 12.4. The van der Waals surface area contributed by atoms with Crippen LogP contribution in [-0.2, 0) is 23.5 Å². The number of aromatic nitrogens is 2. The number of alkyl halides is 6. The van der Waals surface area contributed by atoms with E-state index in [1.807, 2.05) is 0 Å². The first-order valence-corrected chi connectivity index (χ1v) is 13.5. The van der Waals surface area contributed by atoms with Gasteiger partial charge in [-0.2, -0.15) is 31.3 Å². The normalized spacial score (nSPS) is 17.8. The van der Waals surface area contributed by atoms with Crippen molar-refractivity contribution >= 4 is 6.09 Å². The van der Waals surface area contributed by atoms with Gasteiger partial charge in [0.25, 0.3) is 5.89 Å². The molecule has 234 valence electrons. The van der Waals surface area contributed by atoms with E-state index in [9.17, 15) is 36.2 Å². The number of halogens is 6. The van der Waals surface area contributed by atoms with Crippen LogP contribution < -0.4 is 4.74 Å². The second-order valence-corrected chi connectivity index (χ2v) is 11.1. The highest BCUT2D eigenvalue weighted by Gasteiger charge is 2.43. The lowest BCUT2D eigenvalue weighted by Gasteiger charge is -2.27. The molecule has 0 unspecified atom stereocenters. The number of hydrogen-bond acceptors (Lipinski definition) is 7. The summed E-state index contributed by atoms with van der Waals surface area (Å²) in [6, 6.07) is 6.99. The molecule has 0 bridgehead atoms. The summed E-state index contributed by atoms with van der Waals surface area (Å²) in [5.41, 5.74) is -1.95. The molecule has 0 spiro atoms. The van der Waals surface area contributed by atoms with Gasteiger partial charge in [-0.3, -0.25) is 4.90 Å². The highest BCUT2D eigenvalue weighted by molar-refractivity contribution is 5.69. The van der Waals surface area contributed by atoms with Crippen molar-refractivity contribution in [3.05, 3.63) is 65.0 Å². The van der Waals surface area contributed by atoms with E-state index in [2.05, 4.69) is 10.1 Å². The standard InChI is InChI=1S/C29H31F6N3O5/c1-27(2,3)42-26(40)38-14-13-21(39)23(38)25-36-24(37-43-25)18-9-12-22(20(16-18)29(33,34)35)41-15-5-4-6-17-7-10-19(11-8-17)28(30,31)32/h7-12,16,21,23,39H,4-6,13-15H2,1-3H3/t21-,23-/m0/s1. The quantitative estimate of drug-likeness (QED) is 0.211. The van der Waals surface area contributed by atoms with Crippen molar-refractivity contribution in [2.24, 2.45) is 0 Å². The third kappa shape index (κ3) is 8.18. The van der Waals surface area contributed by atoms with Crippen LogP contribution >= 0.6 is 0 Å². The molecule has 2 atom stereocenters. The van der Waals surface area contributed by atoms with Crippen LogP contribution in [0.2, 0.25) is 0 Å². The number of unbranched alkanes of at least 4 members (excludes halogenated alkanes) is 1. The van der Waals surface area contributed by atoms with E-state index in [0.29, 0.717) is 24.8 Å². The van der Waals surface area contributed by atoms with Gasteiger partial charge in [0.15, 0.2) is 0 Å². The summed E-state index contributed by atoms with van der Waals surface area (Å²) in [5, 5.41) is 14.2. The molecule has 1 fully saturated rings. The summed E-state index contributed by atoms with van der Waals surface area (Å²) in [6.45, 7) is 5.17. The Labute approximate surface area is 243 Å². The van der Waals surface area contributed by atoms with Crippen LogP contribution in [0.25, 0.3) is 11.4 Å². The smallest absolute Gasteiger partial charge is 0.419 e. The molecule has 1 saturated heterocycles. The Morgan fingerprint density at radius 3 is 2.35 bits per heavy atom. The van der Waals surface area contributed by atoms with Gasteiger partial charge < -0.3 is 19.1 Å². The third-order valence-electron chi connectivity index (χ3n) is 6.63.